The van der Waals surface area contributed by atoms with E-state index in [1.165, 1.54) is 0 Å². The van der Waals surface area contributed by atoms with Gasteiger partial charge in [0.05, 0.1) is 0 Å². The predicted molar refractivity (Wildman–Crippen MR) is 34.4 cm³/mol. The van der Waals surface area contributed by atoms with Crippen LogP contribution in [0.2, 0.25) is 0 Å². The van der Waals surface area contributed by atoms with Crippen molar-refractivity contribution in [3.05, 3.63) is 30.3 Å². The van der Waals surface area contributed by atoms with Gasteiger partial charge in [-0.05, 0) is 0 Å². The van der Waals surface area contributed by atoms with Crippen LogP contribution in [0.1, 0.15) is 6.42 Å². The molecule has 0 aliphatic heterocycles. The lowest BCUT2D eigenvalue weighted by Crippen LogP contribution is -2.53. The zero-order valence-electron chi connectivity index (χ0n) is 5.98. The Morgan fingerprint density at radius 3 is 1.38 bits per heavy atom. The van der Waals surface area contributed by atoms with Crippen LogP contribution in [0, 0.1) is 30.3 Å². The van der Waals surface area contributed by atoms with E-state index in [-0.39, 0.29) is 6.29 Å². The molecule has 0 saturated carbocycles. The third kappa shape index (κ3) is 1.55. The van der Waals surface area contributed by atoms with Crippen LogP contribution in [0.3, 0.4) is 0 Å². The zero-order chi connectivity index (χ0) is 10.6. The highest BCUT2D eigenvalue weighted by molar-refractivity contribution is 5.50. The lowest BCUT2D eigenvalue weighted by molar-refractivity contribution is -0.968. The fraction of sp³-hybridized carbons (Fsp3) is 0.667. The SMILES string of the molecule is O=CCC([N+](=O)[O-])([N+](=O)[O-])[N+](=O)[O-]. The van der Waals surface area contributed by atoms with E-state index in [1.807, 2.05) is 0 Å². The first-order valence-electron chi connectivity index (χ1n) is 2.76. The molecule has 0 aromatic heterocycles. The Kier molecular flexibility index (Phi) is 2.94. The summed E-state index contributed by atoms with van der Waals surface area (Å²) < 4.78 is 0. The van der Waals surface area contributed by atoms with Gasteiger partial charge in [0, 0.05) is 0 Å². The maximum atomic E-state index is 10.1. The van der Waals surface area contributed by atoms with Crippen LogP contribution in [0.15, 0.2) is 0 Å². The molecule has 0 unspecified atom stereocenters. The quantitative estimate of drug-likeness (QED) is 0.237. The van der Waals surface area contributed by atoms with E-state index in [4.69, 9.17) is 0 Å². The summed E-state index contributed by atoms with van der Waals surface area (Å²) in [5, 5.41) is 30.2. The fourth-order valence-corrected chi connectivity index (χ4v) is 0.535. The summed E-state index contributed by atoms with van der Waals surface area (Å²) >= 11 is 0. The van der Waals surface area contributed by atoms with Crippen molar-refractivity contribution in [3.63, 3.8) is 0 Å². The lowest BCUT2D eigenvalue weighted by atomic mass is 10.3. The second kappa shape index (κ2) is 3.51. The number of aldehydes is 1. The molecule has 0 rings (SSSR count). The van der Waals surface area contributed by atoms with Gasteiger partial charge in [-0.15, -0.1) is 0 Å². The first kappa shape index (κ1) is 10.9. The molecular formula is C3H3N3O7. The highest BCUT2D eigenvalue weighted by atomic mass is 16.7. The minimum Gasteiger partial charge on any atom is -0.302 e. The lowest BCUT2D eigenvalue weighted by Gasteiger charge is -2.04. The highest BCUT2D eigenvalue weighted by Gasteiger charge is 2.69. The summed E-state index contributed by atoms with van der Waals surface area (Å²) in [6.45, 7) is 0. The smallest absolute Gasteiger partial charge is 0.302 e. The minimum atomic E-state index is -3.65. The molecule has 0 spiro atoms. The van der Waals surface area contributed by atoms with E-state index in [0.717, 1.165) is 0 Å². The van der Waals surface area contributed by atoms with Crippen molar-refractivity contribution < 1.29 is 19.6 Å². The maximum absolute atomic E-state index is 10.1. The topological polar surface area (TPSA) is 146 Å². The van der Waals surface area contributed by atoms with E-state index < -0.39 is 27.0 Å². The van der Waals surface area contributed by atoms with E-state index in [0.29, 0.717) is 0 Å². The Bertz CT molecular complexity index is 236. The van der Waals surface area contributed by atoms with Gasteiger partial charge in [0.2, 0.25) is 6.42 Å². The number of hydrogen-bond acceptors (Lipinski definition) is 7. The van der Waals surface area contributed by atoms with Gasteiger partial charge in [0.1, 0.15) is 6.29 Å². The Balaban J connectivity index is 5.29. The molecule has 0 aromatic rings. The van der Waals surface area contributed by atoms with Crippen LogP contribution < -0.4 is 0 Å². The van der Waals surface area contributed by atoms with Gasteiger partial charge in [-0.1, -0.05) is 0 Å². The number of nitro groups is 3. The highest BCUT2D eigenvalue weighted by Crippen LogP contribution is 2.15. The van der Waals surface area contributed by atoms with Gasteiger partial charge >= 0.3 is 5.79 Å². The Morgan fingerprint density at radius 2 is 1.31 bits per heavy atom. The molecule has 0 atom stereocenters. The van der Waals surface area contributed by atoms with Crippen LogP contribution in [0.4, 0.5) is 0 Å². The molecule has 10 nitrogen and oxygen atoms in total. The monoisotopic (exact) mass is 193 g/mol. The van der Waals surface area contributed by atoms with E-state index in [9.17, 15) is 35.1 Å². The normalized spacial score (nSPS) is 10.5. The Labute approximate surface area is 69.6 Å². The van der Waals surface area contributed by atoms with E-state index >= 15 is 0 Å². The summed E-state index contributed by atoms with van der Waals surface area (Å²) in [7, 11) is 0. The van der Waals surface area contributed by atoms with Crippen molar-refractivity contribution in [2.24, 2.45) is 0 Å². The van der Waals surface area contributed by atoms with Gasteiger partial charge in [-0.25, -0.2) is 0 Å². The van der Waals surface area contributed by atoms with Crippen molar-refractivity contribution in [1.82, 2.24) is 0 Å². The molecule has 0 radical (unpaired) electrons. The summed E-state index contributed by atoms with van der Waals surface area (Å²) in [6.07, 6.45) is -1.64. The van der Waals surface area contributed by atoms with Crippen molar-refractivity contribution in [2.75, 3.05) is 0 Å². The minimum absolute atomic E-state index is 0.242. The molecule has 72 valence electrons. The maximum Gasteiger partial charge on any atom is 0.706 e. The molecule has 0 saturated heterocycles. The number of hydrogen-bond donors (Lipinski definition) is 0. The number of nitrogens with zero attached hydrogens (tertiary/aromatic N) is 3. The first-order valence-corrected chi connectivity index (χ1v) is 2.76. The van der Waals surface area contributed by atoms with Crippen LogP contribution in [0.25, 0.3) is 0 Å². The molecule has 0 fully saturated rings. The van der Waals surface area contributed by atoms with E-state index in [2.05, 4.69) is 0 Å². The predicted octanol–water partition coefficient (Wildman–Crippen LogP) is -0.941. The second-order valence-electron chi connectivity index (χ2n) is 1.92. The van der Waals surface area contributed by atoms with Crippen molar-refractivity contribution in [3.8, 4) is 0 Å². The van der Waals surface area contributed by atoms with Gasteiger partial charge < -0.3 is 4.79 Å². The van der Waals surface area contributed by atoms with Crippen LogP contribution in [-0.2, 0) is 4.79 Å². The zero-order valence-corrected chi connectivity index (χ0v) is 5.98. The molecule has 0 N–H and O–H groups in total. The van der Waals surface area contributed by atoms with Crippen molar-refractivity contribution in [1.29, 1.82) is 0 Å². The standard InChI is InChI=1S/C3H3N3O7/c7-2-1-3(4(8)9,5(10)11)6(12)13/h2H,1H2. The van der Waals surface area contributed by atoms with Gasteiger partial charge in [0.15, 0.2) is 14.8 Å². The number of carbonyl (C=O) groups is 1. The summed E-state index contributed by atoms with van der Waals surface area (Å²) in [5.74, 6) is -3.65. The average Bonchev–Trinajstić information content (AvgIpc) is 1.97. The van der Waals surface area contributed by atoms with Gasteiger partial charge in [0.25, 0.3) is 0 Å². The molecule has 0 aliphatic rings. The summed E-state index contributed by atoms with van der Waals surface area (Å²) in [4.78, 5) is 34.9. The molecule has 10 heteroatoms. The molecule has 0 bridgehead atoms. The number of rotatable bonds is 5. The van der Waals surface area contributed by atoms with Crippen LogP contribution in [-0.4, -0.2) is 26.8 Å². The van der Waals surface area contributed by atoms with Crippen molar-refractivity contribution >= 4 is 6.29 Å². The van der Waals surface area contributed by atoms with E-state index in [1.54, 1.807) is 0 Å². The molecule has 13 heavy (non-hydrogen) atoms. The third-order valence-electron chi connectivity index (χ3n) is 1.23. The Morgan fingerprint density at radius 1 is 1.00 bits per heavy atom. The largest absolute Gasteiger partial charge is 0.706 e. The van der Waals surface area contributed by atoms with Gasteiger partial charge in [-0.2, -0.15) is 0 Å². The van der Waals surface area contributed by atoms with Crippen molar-refractivity contribution in [2.45, 2.75) is 12.2 Å². The summed E-state index contributed by atoms with van der Waals surface area (Å²) in [6, 6.07) is 0. The van der Waals surface area contributed by atoms with Crippen LogP contribution in [0.5, 0.6) is 0 Å². The molecule has 0 aliphatic carbocycles. The Hall–Kier alpha value is -2.13. The molecule has 0 heterocycles. The van der Waals surface area contributed by atoms with Crippen LogP contribution >= 0.6 is 0 Å². The molecular weight excluding hydrogens is 190 g/mol. The average molecular weight is 193 g/mol. The first-order chi connectivity index (χ1) is 5.89. The fourth-order valence-electron chi connectivity index (χ4n) is 0.535. The molecule has 0 amide bonds. The summed E-state index contributed by atoms with van der Waals surface area (Å²) in [5.41, 5.74) is 0. The molecule has 0 aromatic carbocycles. The third-order valence-corrected chi connectivity index (χ3v) is 1.23. The van der Waals surface area contributed by atoms with Gasteiger partial charge in [-0.3, -0.25) is 30.3 Å². The second-order valence-corrected chi connectivity index (χ2v) is 1.92. The number of carbonyl (C=O) groups excluding carboxylic acids is 1.